The molecule has 12 heavy (non-hydrogen) atoms. The van der Waals surface area contributed by atoms with Crippen LogP contribution in [0.15, 0.2) is 0 Å². The summed E-state index contributed by atoms with van der Waals surface area (Å²) in [6.45, 7) is 2.63. The minimum atomic E-state index is 0.499. The van der Waals surface area contributed by atoms with Crippen LogP contribution in [0.3, 0.4) is 0 Å². The van der Waals surface area contributed by atoms with Crippen LogP contribution in [0.5, 0.6) is 0 Å². The Morgan fingerprint density at radius 2 is 2.17 bits per heavy atom. The summed E-state index contributed by atoms with van der Waals surface area (Å²) in [5.41, 5.74) is 0. The number of rotatable bonds is 4. The quantitative estimate of drug-likeness (QED) is 0.677. The third-order valence-electron chi connectivity index (χ3n) is 2.55. The van der Waals surface area contributed by atoms with E-state index in [1.54, 1.807) is 7.11 Å². The van der Waals surface area contributed by atoms with Gasteiger partial charge in [0.25, 0.3) is 0 Å². The second-order valence-corrected chi connectivity index (χ2v) is 3.30. The molecule has 1 saturated heterocycles. The molecule has 0 aromatic rings. The molecule has 0 spiro atoms. The van der Waals surface area contributed by atoms with E-state index in [-0.39, 0.29) is 0 Å². The SMILES string of the molecule is CNC(COC)C1CCOCC1. The van der Waals surface area contributed by atoms with Crippen molar-refractivity contribution < 1.29 is 9.47 Å². The fourth-order valence-electron chi connectivity index (χ4n) is 1.75. The Hall–Kier alpha value is -0.120. The summed E-state index contributed by atoms with van der Waals surface area (Å²) in [6.07, 6.45) is 2.32. The second-order valence-electron chi connectivity index (χ2n) is 3.30. The van der Waals surface area contributed by atoms with E-state index in [4.69, 9.17) is 9.47 Å². The van der Waals surface area contributed by atoms with Crippen LogP contribution in [0.4, 0.5) is 0 Å². The Bertz CT molecular complexity index is 110. The van der Waals surface area contributed by atoms with Crippen LogP contribution in [-0.4, -0.2) is 40.0 Å². The van der Waals surface area contributed by atoms with Gasteiger partial charge in [-0.2, -0.15) is 0 Å². The maximum atomic E-state index is 5.30. The molecule has 1 N–H and O–H groups in total. The maximum Gasteiger partial charge on any atom is 0.0618 e. The van der Waals surface area contributed by atoms with Crippen molar-refractivity contribution in [1.29, 1.82) is 0 Å². The summed E-state index contributed by atoms with van der Waals surface area (Å²) in [7, 11) is 3.75. The predicted octanol–water partition coefficient (Wildman–Crippen LogP) is 0.647. The van der Waals surface area contributed by atoms with E-state index in [9.17, 15) is 0 Å². The number of hydrogen-bond acceptors (Lipinski definition) is 3. The van der Waals surface area contributed by atoms with Crippen molar-refractivity contribution in [2.75, 3.05) is 34.0 Å². The lowest BCUT2D eigenvalue weighted by molar-refractivity contribution is 0.0392. The summed E-state index contributed by atoms with van der Waals surface area (Å²) >= 11 is 0. The van der Waals surface area contributed by atoms with Gasteiger partial charge in [-0.05, 0) is 25.8 Å². The lowest BCUT2D eigenvalue weighted by Crippen LogP contribution is -2.40. The first-order chi connectivity index (χ1) is 5.88. The van der Waals surface area contributed by atoms with Crippen LogP contribution in [0.2, 0.25) is 0 Å². The van der Waals surface area contributed by atoms with Gasteiger partial charge in [0.2, 0.25) is 0 Å². The molecular formula is C9H19NO2. The molecule has 1 unspecified atom stereocenters. The number of methoxy groups -OCH3 is 1. The van der Waals surface area contributed by atoms with Crippen molar-refractivity contribution in [2.45, 2.75) is 18.9 Å². The van der Waals surface area contributed by atoms with Crippen molar-refractivity contribution in [3.63, 3.8) is 0 Å². The highest BCUT2D eigenvalue weighted by molar-refractivity contribution is 4.76. The molecule has 0 amide bonds. The second kappa shape index (κ2) is 5.51. The van der Waals surface area contributed by atoms with Gasteiger partial charge in [-0.1, -0.05) is 0 Å². The molecule has 0 aliphatic carbocycles. The highest BCUT2D eigenvalue weighted by Crippen LogP contribution is 2.18. The lowest BCUT2D eigenvalue weighted by atomic mass is 9.92. The Morgan fingerprint density at radius 1 is 1.50 bits per heavy atom. The lowest BCUT2D eigenvalue weighted by Gasteiger charge is -2.29. The largest absolute Gasteiger partial charge is 0.383 e. The van der Waals surface area contributed by atoms with E-state index in [0.717, 1.165) is 38.6 Å². The average Bonchev–Trinajstić information content (AvgIpc) is 2.15. The first kappa shape index (κ1) is 9.96. The molecule has 1 aliphatic heterocycles. The van der Waals surface area contributed by atoms with E-state index in [1.807, 2.05) is 7.05 Å². The first-order valence-electron chi connectivity index (χ1n) is 4.62. The van der Waals surface area contributed by atoms with Gasteiger partial charge in [-0.15, -0.1) is 0 Å². The monoisotopic (exact) mass is 173 g/mol. The number of nitrogens with one attached hydrogen (secondary N) is 1. The van der Waals surface area contributed by atoms with Crippen LogP contribution in [0.1, 0.15) is 12.8 Å². The molecule has 0 aromatic carbocycles. The molecule has 72 valence electrons. The van der Waals surface area contributed by atoms with E-state index >= 15 is 0 Å². The fraction of sp³-hybridized carbons (Fsp3) is 1.00. The van der Waals surface area contributed by atoms with Gasteiger partial charge >= 0.3 is 0 Å². The van der Waals surface area contributed by atoms with E-state index in [2.05, 4.69) is 5.32 Å². The summed E-state index contributed by atoms with van der Waals surface area (Å²) in [5, 5.41) is 3.29. The average molecular weight is 173 g/mol. The minimum absolute atomic E-state index is 0.499. The summed E-state index contributed by atoms with van der Waals surface area (Å²) < 4.78 is 10.4. The summed E-state index contributed by atoms with van der Waals surface area (Å²) in [6, 6.07) is 0.499. The molecule has 3 heteroatoms. The molecule has 1 atom stereocenters. The van der Waals surface area contributed by atoms with Gasteiger partial charge in [-0.25, -0.2) is 0 Å². The van der Waals surface area contributed by atoms with Crippen LogP contribution in [0, 0.1) is 5.92 Å². The first-order valence-corrected chi connectivity index (χ1v) is 4.62. The molecule has 1 fully saturated rings. The van der Waals surface area contributed by atoms with Crippen molar-refractivity contribution >= 4 is 0 Å². The Morgan fingerprint density at radius 3 is 2.67 bits per heavy atom. The van der Waals surface area contributed by atoms with Crippen molar-refractivity contribution in [3.05, 3.63) is 0 Å². The summed E-state index contributed by atoms with van der Waals surface area (Å²) in [4.78, 5) is 0. The number of likely N-dealkylation sites (N-methyl/N-ethyl adjacent to an activating group) is 1. The molecular weight excluding hydrogens is 154 g/mol. The zero-order chi connectivity index (χ0) is 8.81. The van der Waals surface area contributed by atoms with Gasteiger partial charge in [0.05, 0.1) is 6.61 Å². The Kier molecular flexibility index (Phi) is 4.58. The molecule has 0 bridgehead atoms. The number of hydrogen-bond donors (Lipinski definition) is 1. The van der Waals surface area contributed by atoms with Crippen molar-refractivity contribution in [1.82, 2.24) is 5.32 Å². The van der Waals surface area contributed by atoms with Crippen LogP contribution in [-0.2, 0) is 9.47 Å². The van der Waals surface area contributed by atoms with Crippen molar-refractivity contribution in [2.24, 2.45) is 5.92 Å². The van der Waals surface area contributed by atoms with E-state index in [0.29, 0.717) is 6.04 Å². The zero-order valence-electron chi connectivity index (χ0n) is 8.01. The zero-order valence-corrected chi connectivity index (χ0v) is 8.01. The van der Waals surface area contributed by atoms with Gasteiger partial charge in [0.1, 0.15) is 0 Å². The summed E-state index contributed by atoms with van der Waals surface area (Å²) in [5.74, 6) is 0.726. The fourth-order valence-corrected chi connectivity index (χ4v) is 1.75. The normalized spacial score (nSPS) is 22.5. The van der Waals surface area contributed by atoms with Gasteiger partial charge in [0, 0.05) is 26.4 Å². The molecule has 0 aromatic heterocycles. The third kappa shape index (κ3) is 2.73. The van der Waals surface area contributed by atoms with Crippen LogP contribution >= 0.6 is 0 Å². The molecule has 3 nitrogen and oxygen atoms in total. The van der Waals surface area contributed by atoms with Gasteiger partial charge < -0.3 is 14.8 Å². The molecule has 0 saturated carbocycles. The topological polar surface area (TPSA) is 30.5 Å². The van der Waals surface area contributed by atoms with E-state index in [1.165, 1.54) is 0 Å². The minimum Gasteiger partial charge on any atom is -0.383 e. The highest BCUT2D eigenvalue weighted by atomic mass is 16.5. The van der Waals surface area contributed by atoms with Crippen LogP contribution < -0.4 is 5.32 Å². The third-order valence-corrected chi connectivity index (χ3v) is 2.55. The van der Waals surface area contributed by atoms with Crippen molar-refractivity contribution in [3.8, 4) is 0 Å². The molecule has 1 rings (SSSR count). The smallest absolute Gasteiger partial charge is 0.0618 e. The predicted molar refractivity (Wildman–Crippen MR) is 48.3 cm³/mol. The van der Waals surface area contributed by atoms with E-state index < -0.39 is 0 Å². The Labute approximate surface area is 74.4 Å². The molecule has 1 heterocycles. The highest BCUT2D eigenvalue weighted by Gasteiger charge is 2.22. The van der Waals surface area contributed by atoms with Gasteiger partial charge in [-0.3, -0.25) is 0 Å². The standard InChI is InChI=1S/C9H19NO2/c1-10-9(7-11-2)8-3-5-12-6-4-8/h8-10H,3-7H2,1-2H3. The number of ether oxygens (including phenoxy) is 2. The van der Waals surface area contributed by atoms with Crippen LogP contribution in [0.25, 0.3) is 0 Å². The Balaban J connectivity index is 2.29. The molecule has 1 aliphatic rings. The molecule has 0 radical (unpaired) electrons. The van der Waals surface area contributed by atoms with Gasteiger partial charge in [0.15, 0.2) is 0 Å². The maximum absolute atomic E-state index is 5.30.